The predicted octanol–water partition coefficient (Wildman–Crippen LogP) is 1.96. The molecule has 2 rings (SSSR count). The Morgan fingerprint density at radius 1 is 1.37 bits per heavy atom. The Hall–Kier alpha value is -2.34. The summed E-state index contributed by atoms with van der Waals surface area (Å²) in [6.07, 6.45) is 1.48. The fourth-order valence-corrected chi connectivity index (χ4v) is 1.61. The summed E-state index contributed by atoms with van der Waals surface area (Å²) >= 11 is 5.77. The molecule has 0 aliphatic rings. The van der Waals surface area contributed by atoms with Crippen molar-refractivity contribution in [3.8, 4) is 0 Å². The zero-order valence-electron chi connectivity index (χ0n) is 9.59. The van der Waals surface area contributed by atoms with Crippen molar-refractivity contribution in [2.75, 3.05) is 0 Å². The predicted molar refractivity (Wildman–Crippen MR) is 66.1 cm³/mol. The molecule has 19 heavy (non-hydrogen) atoms. The molecule has 0 spiro atoms. The molecule has 2 heterocycles. The molecular weight excluding hydrogens is 272 g/mol. The molecule has 0 unspecified atom stereocenters. The lowest BCUT2D eigenvalue weighted by Crippen LogP contribution is -2.23. The van der Waals surface area contributed by atoms with E-state index in [1.54, 1.807) is 6.07 Å². The molecule has 6 nitrogen and oxygen atoms in total. The molecule has 2 aromatic rings. The highest BCUT2D eigenvalue weighted by Gasteiger charge is 2.12. The number of carboxylic acid groups (broad SMARTS) is 1. The average molecular weight is 281 g/mol. The number of aromatic nitrogens is 1. The van der Waals surface area contributed by atoms with Crippen molar-refractivity contribution in [2.24, 2.45) is 0 Å². The van der Waals surface area contributed by atoms with Crippen LogP contribution in [-0.4, -0.2) is 22.0 Å². The minimum Gasteiger partial charge on any atom is -0.475 e. The summed E-state index contributed by atoms with van der Waals surface area (Å²) in [5.41, 5.74) is 0.245. The second-order valence-corrected chi connectivity index (χ2v) is 3.95. The number of hydrogen-bond donors (Lipinski definition) is 2. The van der Waals surface area contributed by atoms with E-state index in [1.165, 1.54) is 24.4 Å². The summed E-state index contributed by atoms with van der Waals surface area (Å²) in [6.45, 7) is 0.0668. The summed E-state index contributed by atoms with van der Waals surface area (Å²) in [6, 6.07) is 5.93. The number of carbonyl (C=O) groups is 2. The van der Waals surface area contributed by atoms with Crippen LogP contribution in [0, 0.1) is 0 Å². The van der Waals surface area contributed by atoms with Crippen LogP contribution < -0.4 is 5.32 Å². The van der Waals surface area contributed by atoms with Crippen LogP contribution in [0.2, 0.25) is 5.15 Å². The average Bonchev–Trinajstić information content (AvgIpc) is 2.85. The molecule has 0 aromatic carbocycles. The van der Waals surface area contributed by atoms with Crippen LogP contribution in [0.5, 0.6) is 0 Å². The van der Waals surface area contributed by atoms with Gasteiger partial charge in [0.25, 0.3) is 5.91 Å². The van der Waals surface area contributed by atoms with Crippen LogP contribution in [0.25, 0.3) is 0 Å². The summed E-state index contributed by atoms with van der Waals surface area (Å²) in [5.74, 6) is -1.41. The first kappa shape index (κ1) is 13.1. The van der Waals surface area contributed by atoms with E-state index in [4.69, 9.17) is 21.1 Å². The van der Waals surface area contributed by atoms with E-state index < -0.39 is 11.9 Å². The highest BCUT2D eigenvalue weighted by atomic mass is 35.5. The van der Waals surface area contributed by atoms with Crippen molar-refractivity contribution in [2.45, 2.75) is 6.54 Å². The number of rotatable bonds is 4. The van der Waals surface area contributed by atoms with E-state index in [1.807, 2.05) is 0 Å². The first-order valence-electron chi connectivity index (χ1n) is 5.28. The molecule has 98 valence electrons. The van der Waals surface area contributed by atoms with Crippen molar-refractivity contribution in [3.63, 3.8) is 0 Å². The van der Waals surface area contributed by atoms with Crippen LogP contribution >= 0.6 is 11.6 Å². The van der Waals surface area contributed by atoms with E-state index in [0.29, 0.717) is 5.76 Å². The Labute approximate surface area is 113 Å². The maximum Gasteiger partial charge on any atom is 0.371 e. The maximum absolute atomic E-state index is 11.8. The number of furan rings is 1. The normalized spacial score (nSPS) is 10.2. The maximum atomic E-state index is 11.8. The molecule has 7 heteroatoms. The van der Waals surface area contributed by atoms with Crippen LogP contribution in [0.1, 0.15) is 26.7 Å². The third kappa shape index (κ3) is 3.11. The van der Waals surface area contributed by atoms with Crippen LogP contribution in [0.4, 0.5) is 0 Å². The minimum absolute atomic E-state index is 0.0668. The fraction of sp³-hybridized carbons (Fsp3) is 0.0833. The standard InChI is InChI=1S/C12H9ClN2O4/c13-10-8(2-1-5-14-10)11(16)15-6-7-3-4-9(19-7)12(17)18/h1-5H,6H2,(H,15,16)(H,17,18). The number of pyridine rings is 1. The zero-order valence-corrected chi connectivity index (χ0v) is 10.3. The Morgan fingerprint density at radius 3 is 2.79 bits per heavy atom. The Morgan fingerprint density at radius 2 is 2.16 bits per heavy atom. The molecule has 0 aliphatic carbocycles. The molecule has 0 bridgehead atoms. The molecule has 2 N–H and O–H groups in total. The van der Waals surface area contributed by atoms with Gasteiger partial charge in [0.1, 0.15) is 10.9 Å². The van der Waals surface area contributed by atoms with Crippen molar-refractivity contribution < 1.29 is 19.1 Å². The van der Waals surface area contributed by atoms with Gasteiger partial charge in [-0.05, 0) is 24.3 Å². The fourth-order valence-electron chi connectivity index (χ4n) is 1.41. The van der Waals surface area contributed by atoms with Crippen molar-refractivity contribution >= 4 is 23.5 Å². The molecule has 0 saturated heterocycles. The second-order valence-electron chi connectivity index (χ2n) is 3.60. The van der Waals surface area contributed by atoms with Gasteiger partial charge in [-0.15, -0.1) is 0 Å². The summed E-state index contributed by atoms with van der Waals surface area (Å²) < 4.78 is 5.00. The molecule has 1 amide bonds. The molecule has 0 fully saturated rings. The van der Waals surface area contributed by atoms with Crippen LogP contribution in [0.3, 0.4) is 0 Å². The number of halogens is 1. The molecule has 0 saturated carbocycles. The minimum atomic E-state index is -1.16. The molecule has 0 radical (unpaired) electrons. The Bertz CT molecular complexity index is 624. The zero-order chi connectivity index (χ0) is 13.8. The number of amides is 1. The number of carboxylic acids is 1. The molecule has 0 atom stereocenters. The number of nitrogens with zero attached hydrogens (tertiary/aromatic N) is 1. The Balaban J connectivity index is 2.00. The number of hydrogen-bond acceptors (Lipinski definition) is 4. The first-order chi connectivity index (χ1) is 9.08. The van der Waals surface area contributed by atoms with Crippen molar-refractivity contribution in [3.05, 3.63) is 52.7 Å². The summed E-state index contributed by atoms with van der Waals surface area (Å²) in [5, 5.41) is 11.3. The topological polar surface area (TPSA) is 92.4 Å². The monoisotopic (exact) mass is 280 g/mol. The van der Waals surface area contributed by atoms with Gasteiger partial charge in [0, 0.05) is 6.20 Å². The van der Waals surface area contributed by atoms with Crippen LogP contribution in [-0.2, 0) is 6.54 Å². The van der Waals surface area contributed by atoms with Crippen molar-refractivity contribution in [1.29, 1.82) is 0 Å². The summed E-state index contributed by atoms with van der Waals surface area (Å²) in [4.78, 5) is 26.2. The van der Waals surface area contributed by atoms with Gasteiger partial charge in [0.05, 0.1) is 12.1 Å². The third-order valence-electron chi connectivity index (χ3n) is 2.30. The smallest absolute Gasteiger partial charge is 0.371 e. The molecule has 2 aromatic heterocycles. The largest absolute Gasteiger partial charge is 0.475 e. The van der Waals surface area contributed by atoms with E-state index in [9.17, 15) is 9.59 Å². The number of nitrogens with one attached hydrogen (secondary N) is 1. The van der Waals surface area contributed by atoms with E-state index >= 15 is 0 Å². The summed E-state index contributed by atoms with van der Waals surface area (Å²) in [7, 11) is 0. The first-order valence-corrected chi connectivity index (χ1v) is 5.66. The molecule has 0 aliphatic heterocycles. The lowest BCUT2D eigenvalue weighted by Gasteiger charge is -2.04. The highest BCUT2D eigenvalue weighted by Crippen LogP contribution is 2.12. The van der Waals surface area contributed by atoms with Crippen LogP contribution in [0.15, 0.2) is 34.9 Å². The molecular formula is C12H9ClN2O4. The van der Waals surface area contributed by atoms with Gasteiger partial charge in [-0.25, -0.2) is 9.78 Å². The lowest BCUT2D eigenvalue weighted by atomic mass is 10.2. The lowest BCUT2D eigenvalue weighted by molar-refractivity contribution is 0.0660. The van der Waals surface area contributed by atoms with Gasteiger partial charge in [-0.2, -0.15) is 0 Å². The number of aromatic carboxylic acids is 1. The number of carbonyl (C=O) groups excluding carboxylic acids is 1. The van der Waals surface area contributed by atoms with Gasteiger partial charge in [0.15, 0.2) is 0 Å². The van der Waals surface area contributed by atoms with Gasteiger partial charge in [-0.1, -0.05) is 11.6 Å². The van der Waals surface area contributed by atoms with Crippen molar-refractivity contribution in [1.82, 2.24) is 10.3 Å². The Kier molecular flexibility index (Phi) is 3.82. The van der Waals surface area contributed by atoms with Gasteiger partial charge >= 0.3 is 5.97 Å². The van der Waals surface area contributed by atoms with Gasteiger partial charge in [0.2, 0.25) is 5.76 Å². The second kappa shape index (κ2) is 5.53. The van der Waals surface area contributed by atoms with Gasteiger partial charge < -0.3 is 14.8 Å². The van der Waals surface area contributed by atoms with Gasteiger partial charge in [-0.3, -0.25) is 4.79 Å². The SMILES string of the molecule is O=C(O)c1ccc(CNC(=O)c2cccnc2Cl)o1. The van der Waals surface area contributed by atoms with E-state index in [0.717, 1.165) is 0 Å². The highest BCUT2D eigenvalue weighted by molar-refractivity contribution is 6.32. The van der Waals surface area contributed by atoms with E-state index in [-0.39, 0.29) is 23.0 Å². The van der Waals surface area contributed by atoms with E-state index in [2.05, 4.69) is 10.3 Å². The third-order valence-corrected chi connectivity index (χ3v) is 2.60. The quantitative estimate of drug-likeness (QED) is 0.835.